The minimum absolute atomic E-state index is 0.302. The zero-order valence-electron chi connectivity index (χ0n) is 11.4. The molecular weight excluding hydrogens is 282 g/mol. The molecule has 2 heterocycles. The molecule has 0 spiro atoms. The second kappa shape index (κ2) is 6.35. The molecule has 0 saturated heterocycles. The number of rotatable bonds is 4. The molecule has 22 heavy (non-hydrogen) atoms. The van der Waals surface area contributed by atoms with Gasteiger partial charge in [-0.1, -0.05) is 6.07 Å². The summed E-state index contributed by atoms with van der Waals surface area (Å²) in [6.07, 6.45) is 6.33. The molecule has 3 aromatic rings. The first kappa shape index (κ1) is 13.6. The minimum atomic E-state index is -0.302. The highest BCUT2D eigenvalue weighted by molar-refractivity contribution is 5.95. The standard InChI is InChI=1S/C14H11N7O/c22-14(18-16-9-11-2-1-7-15-8-11)12-3-5-13(6-4-12)21-10-17-19-20-21/h1-10H,(H,18,22)/b16-9+. The molecule has 2 aromatic heterocycles. The molecule has 0 aliphatic heterocycles. The van der Waals surface area contributed by atoms with Gasteiger partial charge in [0.25, 0.3) is 5.91 Å². The van der Waals surface area contributed by atoms with Gasteiger partial charge in [0.1, 0.15) is 6.33 Å². The van der Waals surface area contributed by atoms with Gasteiger partial charge in [0.2, 0.25) is 0 Å². The van der Waals surface area contributed by atoms with E-state index in [-0.39, 0.29) is 5.91 Å². The number of hydrogen-bond acceptors (Lipinski definition) is 6. The summed E-state index contributed by atoms with van der Waals surface area (Å²) in [6, 6.07) is 10.5. The molecule has 1 aromatic carbocycles. The van der Waals surface area contributed by atoms with Crippen molar-refractivity contribution in [2.24, 2.45) is 5.10 Å². The van der Waals surface area contributed by atoms with E-state index < -0.39 is 0 Å². The van der Waals surface area contributed by atoms with Gasteiger partial charge in [-0.15, -0.1) is 5.10 Å². The number of tetrazole rings is 1. The van der Waals surface area contributed by atoms with Gasteiger partial charge in [-0.3, -0.25) is 9.78 Å². The van der Waals surface area contributed by atoms with Gasteiger partial charge in [-0.25, -0.2) is 10.1 Å². The molecule has 3 rings (SSSR count). The molecule has 0 atom stereocenters. The molecule has 0 bridgehead atoms. The van der Waals surface area contributed by atoms with E-state index in [0.717, 1.165) is 11.3 Å². The smallest absolute Gasteiger partial charge is 0.267 e. The molecule has 108 valence electrons. The Bertz CT molecular complexity index is 767. The van der Waals surface area contributed by atoms with Crippen LogP contribution in [0.1, 0.15) is 15.9 Å². The van der Waals surface area contributed by atoms with Crippen LogP contribution in [0.3, 0.4) is 0 Å². The van der Waals surface area contributed by atoms with Crippen LogP contribution in [0.4, 0.5) is 0 Å². The topological polar surface area (TPSA) is 98.0 Å². The SMILES string of the molecule is O=C(N/N=C/c1cccnc1)c1ccc(-n2cnnn2)cc1. The largest absolute Gasteiger partial charge is 0.271 e. The Morgan fingerprint density at radius 3 is 2.77 bits per heavy atom. The van der Waals surface area contributed by atoms with Gasteiger partial charge in [-0.05, 0) is 40.8 Å². The highest BCUT2D eigenvalue weighted by atomic mass is 16.2. The van der Waals surface area contributed by atoms with Crippen LogP contribution in [0, 0.1) is 0 Å². The Morgan fingerprint density at radius 1 is 1.23 bits per heavy atom. The molecule has 0 fully saturated rings. The maximum Gasteiger partial charge on any atom is 0.271 e. The van der Waals surface area contributed by atoms with E-state index in [9.17, 15) is 4.79 Å². The summed E-state index contributed by atoms with van der Waals surface area (Å²) < 4.78 is 1.50. The van der Waals surface area contributed by atoms with Crippen molar-refractivity contribution in [3.8, 4) is 5.69 Å². The Labute approximate surface area is 125 Å². The number of carbonyl (C=O) groups is 1. The summed E-state index contributed by atoms with van der Waals surface area (Å²) in [5.74, 6) is -0.302. The summed E-state index contributed by atoms with van der Waals surface area (Å²) in [5.41, 5.74) is 4.51. The average Bonchev–Trinajstić information content (AvgIpc) is 3.10. The summed E-state index contributed by atoms with van der Waals surface area (Å²) in [5, 5.41) is 14.8. The zero-order valence-corrected chi connectivity index (χ0v) is 11.4. The fourth-order valence-corrected chi connectivity index (χ4v) is 1.73. The van der Waals surface area contributed by atoms with E-state index in [2.05, 4.69) is 31.0 Å². The molecule has 0 radical (unpaired) electrons. The van der Waals surface area contributed by atoms with E-state index in [1.165, 1.54) is 17.2 Å². The fourth-order valence-electron chi connectivity index (χ4n) is 1.73. The zero-order chi connectivity index (χ0) is 15.2. The van der Waals surface area contributed by atoms with Crippen LogP contribution in [-0.2, 0) is 0 Å². The fraction of sp³-hybridized carbons (Fsp3) is 0. The predicted molar refractivity (Wildman–Crippen MR) is 78.5 cm³/mol. The van der Waals surface area contributed by atoms with Gasteiger partial charge in [-0.2, -0.15) is 5.10 Å². The third-order valence-corrected chi connectivity index (χ3v) is 2.81. The molecule has 0 aliphatic carbocycles. The second-order valence-corrected chi connectivity index (χ2v) is 4.29. The van der Waals surface area contributed by atoms with Gasteiger partial charge in [0.05, 0.1) is 11.9 Å². The van der Waals surface area contributed by atoms with Crippen LogP contribution in [0.5, 0.6) is 0 Å². The lowest BCUT2D eigenvalue weighted by Crippen LogP contribution is -2.17. The molecule has 8 nitrogen and oxygen atoms in total. The van der Waals surface area contributed by atoms with Crippen molar-refractivity contribution in [2.45, 2.75) is 0 Å². The second-order valence-electron chi connectivity index (χ2n) is 4.29. The van der Waals surface area contributed by atoms with Crippen LogP contribution < -0.4 is 5.43 Å². The molecule has 8 heteroatoms. The number of nitrogens with one attached hydrogen (secondary N) is 1. The first-order valence-electron chi connectivity index (χ1n) is 6.40. The summed E-state index contributed by atoms with van der Waals surface area (Å²) >= 11 is 0. The Morgan fingerprint density at radius 2 is 2.09 bits per heavy atom. The normalized spacial score (nSPS) is 10.7. The molecule has 0 aliphatic rings. The number of pyridine rings is 1. The van der Waals surface area contributed by atoms with Crippen molar-refractivity contribution in [1.29, 1.82) is 0 Å². The number of carbonyl (C=O) groups excluding carboxylic acids is 1. The van der Waals surface area contributed by atoms with Gasteiger partial charge >= 0.3 is 0 Å². The first-order chi connectivity index (χ1) is 10.8. The van der Waals surface area contributed by atoms with Crippen molar-refractivity contribution >= 4 is 12.1 Å². The third kappa shape index (κ3) is 3.18. The number of hydrogen-bond donors (Lipinski definition) is 1. The van der Waals surface area contributed by atoms with Crippen molar-refractivity contribution < 1.29 is 4.79 Å². The predicted octanol–water partition coefficient (Wildman–Crippen LogP) is 0.821. The lowest BCUT2D eigenvalue weighted by Gasteiger charge is -2.02. The minimum Gasteiger partial charge on any atom is -0.267 e. The maximum atomic E-state index is 11.9. The maximum absolute atomic E-state index is 11.9. The van der Waals surface area contributed by atoms with E-state index in [4.69, 9.17) is 0 Å². The lowest BCUT2D eigenvalue weighted by atomic mass is 10.2. The molecule has 0 saturated carbocycles. The Hall–Kier alpha value is -3.42. The molecule has 1 N–H and O–H groups in total. The van der Waals surface area contributed by atoms with E-state index >= 15 is 0 Å². The third-order valence-electron chi connectivity index (χ3n) is 2.81. The van der Waals surface area contributed by atoms with Crippen LogP contribution >= 0.6 is 0 Å². The van der Waals surface area contributed by atoms with Gasteiger partial charge in [0, 0.05) is 23.5 Å². The van der Waals surface area contributed by atoms with Gasteiger partial charge < -0.3 is 0 Å². The summed E-state index contributed by atoms with van der Waals surface area (Å²) in [4.78, 5) is 15.9. The van der Waals surface area contributed by atoms with Crippen LogP contribution in [-0.4, -0.2) is 37.3 Å². The molecule has 0 unspecified atom stereocenters. The number of aromatic nitrogens is 5. The van der Waals surface area contributed by atoms with Crippen LogP contribution in [0.2, 0.25) is 0 Å². The molecular formula is C14H11N7O. The van der Waals surface area contributed by atoms with Gasteiger partial charge in [0.15, 0.2) is 0 Å². The van der Waals surface area contributed by atoms with Crippen molar-refractivity contribution in [1.82, 2.24) is 30.6 Å². The lowest BCUT2D eigenvalue weighted by molar-refractivity contribution is 0.0955. The van der Waals surface area contributed by atoms with E-state index in [1.54, 1.807) is 42.7 Å². The van der Waals surface area contributed by atoms with Crippen molar-refractivity contribution in [3.05, 3.63) is 66.2 Å². The Kier molecular flexibility index (Phi) is 3.92. The van der Waals surface area contributed by atoms with Crippen LogP contribution in [0.15, 0.2) is 60.2 Å². The summed E-state index contributed by atoms with van der Waals surface area (Å²) in [6.45, 7) is 0. The number of nitrogens with zero attached hydrogens (tertiary/aromatic N) is 6. The van der Waals surface area contributed by atoms with Crippen molar-refractivity contribution in [2.75, 3.05) is 0 Å². The number of amides is 1. The highest BCUT2D eigenvalue weighted by Gasteiger charge is 2.05. The van der Waals surface area contributed by atoms with Crippen LogP contribution in [0.25, 0.3) is 5.69 Å². The summed E-state index contributed by atoms with van der Waals surface area (Å²) in [7, 11) is 0. The first-order valence-corrected chi connectivity index (χ1v) is 6.40. The monoisotopic (exact) mass is 293 g/mol. The average molecular weight is 293 g/mol. The number of benzene rings is 1. The quantitative estimate of drug-likeness (QED) is 0.567. The van der Waals surface area contributed by atoms with E-state index in [1.807, 2.05) is 6.07 Å². The number of hydrazone groups is 1. The van der Waals surface area contributed by atoms with Crippen molar-refractivity contribution in [3.63, 3.8) is 0 Å². The molecule has 1 amide bonds. The highest BCUT2D eigenvalue weighted by Crippen LogP contribution is 2.07. The van der Waals surface area contributed by atoms with E-state index in [0.29, 0.717) is 5.56 Å². The Balaban J connectivity index is 1.64.